The summed E-state index contributed by atoms with van der Waals surface area (Å²) in [5.41, 5.74) is -0.511. The number of amides is 4. The molecule has 0 radical (unpaired) electrons. The van der Waals surface area contributed by atoms with Gasteiger partial charge in [0.2, 0.25) is 0 Å². The highest BCUT2D eigenvalue weighted by molar-refractivity contribution is 6.08. The maximum atomic E-state index is 12.8. The van der Waals surface area contributed by atoms with Crippen LogP contribution in [0.25, 0.3) is 0 Å². The highest BCUT2D eigenvalue weighted by Crippen LogP contribution is 2.39. The zero-order valence-corrected chi connectivity index (χ0v) is 15.6. The standard InChI is InChI=1S/C19H22FN3O5/c1-22-18(27)23(17(26)19(22)9-3-2-4-10-19)11-16(25)28-12-15(24)21-14-7-5-13(20)6-8-14/h5-8H,2-4,9-12H2,1H3,(H,21,24). The lowest BCUT2D eigenvalue weighted by Gasteiger charge is -2.35. The summed E-state index contributed by atoms with van der Waals surface area (Å²) in [6, 6.07) is 4.58. The van der Waals surface area contributed by atoms with Crippen molar-refractivity contribution in [2.24, 2.45) is 0 Å². The van der Waals surface area contributed by atoms with E-state index in [0.29, 0.717) is 18.5 Å². The second-order valence-corrected chi connectivity index (χ2v) is 7.04. The van der Waals surface area contributed by atoms with Crippen LogP contribution in [0.15, 0.2) is 24.3 Å². The molecule has 1 heterocycles. The lowest BCUT2D eigenvalue weighted by atomic mass is 9.81. The Hall–Kier alpha value is -2.97. The number of anilines is 1. The lowest BCUT2D eigenvalue weighted by molar-refractivity contribution is -0.150. The molecule has 1 saturated carbocycles. The van der Waals surface area contributed by atoms with E-state index in [1.54, 1.807) is 7.05 Å². The van der Waals surface area contributed by atoms with Gasteiger partial charge in [-0.25, -0.2) is 9.18 Å². The average Bonchev–Trinajstić information content (AvgIpc) is 2.85. The second-order valence-electron chi connectivity index (χ2n) is 7.04. The van der Waals surface area contributed by atoms with Crippen molar-refractivity contribution < 1.29 is 28.3 Å². The van der Waals surface area contributed by atoms with Gasteiger partial charge in [-0.1, -0.05) is 19.3 Å². The van der Waals surface area contributed by atoms with Gasteiger partial charge in [0.05, 0.1) is 0 Å². The van der Waals surface area contributed by atoms with Crippen LogP contribution in [0.1, 0.15) is 32.1 Å². The number of benzene rings is 1. The normalized spacial score (nSPS) is 18.5. The van der Waals surface area contributed by atoms with E-state index < -0.39 is 42.4 Å². The number of hydrogen-bond acceptors (Lipinski definition) is 5. The van der Waals surface area contributed by atoms with Crippen molar-refractivity contribution in [1.82, 2.24) is 9.80 Å². The Morgan fingerprint density at radius 3 is 2.43 bits per heavy atom. The molecule has 9 heteroatoms. The minimum absolute atomic E-state index is 0.355. The molecule has 0 unspecified atom stereocenters. The van der Waals surface area contributed by atoms with Gasteiger partial charge in [0.1, 0.15) is 17.9 Å². The summed E-state index contributed by atoms with van der Waals surface area (Å²) in [6.45, 7) is -1.11. The Labute approximate surface area is 161 Å². The van der Waals surface area contributed by atoms with Crippen molar-refractivity contribution in [3.05, 3.63) is 30.1 Å². The third-order valence-corrected chi connectivity index (χ3v) is 5.26. The number of esters is 1. The van der Waals surface area contributed by atoms with Gasteiger partial charge in [0, 0.05) is 12.7 Å². The number of hydrogen-bond donors (Lipinski definition) is 1. The van der Waals surface area contributed by atoms with E-state index in [1.807, 2.05) is 0 Å². The average molecular weight is 391 g/mol. The first-order valence-electron chi connectivity index (χ1n) is 9.14. The van der Waals surface area contributed by atoms with Crippen molar-refractivity contribution in [3.8, 4) is 0 Å². The highest BCUT2D eigenvalue weighted by Gasteiger charge is 2.55. The molecule has 2 aliphatic rings. The molecule has 28 heavy (non-hydrogen) atoms. The van der Waals surface area contributed by atoms with E-state index in [-0.39, 0.29) is 5.91 Å². The maximum absolute atomic E-state index is 12.8. The van der Waals surface area contributed by atoms with Crippen molar-refractivity contribution in [1.29, 1.82) is 0 Å². The van der Waals surface area contributed by atoms with Crippen LogP contribution >= 0.6 is 0 Å². The quantitative estimate of drug-likeness (QED) is 0.611. The summed E-state index contributed by atoms with van der Waals surface area (Å²) in [4.78, 5) is 51.4. The van der Waals surface area contributed by atoms with E-state index in [9.17, 15) is 23.6 Å². The third-order valence-electron chi connectivity index (χ3n) is 5.26. The zero-order chi connectivity index (χ0) is 20.3. The summed E-state index contributed by atoms with van der Waals surface area (Å²) < 4.78 is 17.7. The first-order valence-corrected chi connectivity index (χ1v) is 9.14. The number of carbonyl (C=O) groups excluding carboxylic acids is 4. The third kappa shape index (κ3) is 3.83. The Bertz CT molecular complexity index is 789. The zero-order valence-electron chi connectivity index (χ0n) is 15.6. The first-order chi connectivity index (χ1) is 13.3. The summed E-state index contributed by atoms with van der Waals surface area (Å²) in [5.74, 6) is -2.28. The Kier molecular flexibility index (Phi) is 5.62. The predicted octanol–water partition coefficient (Wildman–Crippen LogP) is 1.90. The number of ether oxygens (including phenoxy) is 1. The predicted molar refractivity (Wildman–Crippen MR) is 96.7 cm³/mol. The lowest BCUT2D eigenvalue weighted by Crippen LogP contribution is -2.49. The van der Waals surface area contributed by atoms with Gasteiger partial charge >= 0.3 is 12.0 Å². The molecule has 1 aromatic carbocycles. The number of nitrogens with one attached hydrogen (secondary N) is 1. The molecule has 1 aromatic rings. The number of rotatable bonds is 5. The van der Waals surface area contributed by atoms with Crippen molar-refractivity contribution in [2.75, 3.05) is 25.5 Å². The smallest absolute Gasteiger partial charge is 0.327 e. The minimum Gasteiger partial charge on any atom is -0.454 e. The van der Waals surface area contributed by atoms with Gasteiger partial charge in [-0.15, -0.1) is 0 Å². The van der Waals surface area contributed by atoms with Gasteiger partial charge in [0.25, 0.3) is 11.8 Å². The topological polar surface area (TPSA) is 96.0 Å². The van der Waals surface area contributed by atoms with Crippen LogP contribution in [-0.2, 0) is 19.1 Å². The molecule has 1 saturated heterocycles. The molecule has 150 valence electrons. The molecule has 1 aliphatic carbocycles. The van der Waals surface area contributed by atoms with Crippen LogP contribution < -0.4 is 5.32 Å². The number of urea groups is 1. The van der Waals surface area contributed by atoms with Crippen LogP contribution in [0.3, 0.4) is 0 Å². The van der Waals surface area contributed by atoms with E-state index >= 15 is 0 Å². The molecule has 4 amide bonds. The van der Waals surface area contributed by atoms with E-state index in [4.69, 9.17) is 4.74 Å². The van der Waals surface area contributed by atoms with Crippen molar-refractivity contribution in [3.63, 3.8) is 0 Å². The molecule has 1 aliphatic heterocycles. The molecule has 0 aromatic heterocycles. The second kappa shape index (κ2) is 7.95. The Balaban J connectivity index is 1.53. The molecule has 0 bridgehead atoms. The molecule has 1 spiro atoms. The van der Waals surface area contributed by atoms with E-state index in [2.05, 4.69) is 5.32 Å². The van der Waals surface area contributed by atoms with Crippen LogP contribution in [0.4, 0.5) is 14.9 Å². The molecule has 3 rings (SSSR count). The van der Waals surface area contributed by atoms with E-state index in [0.717, 1.165) is 24.2 Å². The first kappa shape index (κ1) is 19.8. The summed E-state index contributed by atoms with van der Waals surface area (Å²) >= 11 is 0. The fourth-order valence-corrected chi connectivity index (χ4v) is 3.72. The van der Waals surface area contributed by atoms with Crippen LogP contribution in [0.5, 0.6) is 0 Å². The summed E-state index contributed by atoms with van der Waals surface area (Å²) in [5, 5.41) is 2.45. The molecule has 0 atom stereocenters. The van der Waals surface area contributed by atoms with Gasteiger partial charge < -0.3 is 15.0 Å². The fourth-order valence-electron chi connectivity index (χ4n) is 3.72. The van der Waals surface area contributed by atoms with Gasteiger partial charge in [-0.3, -0.25) is 19.3 Å². The SMILES string of the molecule is CN1C(=O)N(CC(=O)OCC(=O)Nc2ccc(F)cc2)C(=O)C12CCCCC2. The summed E-state index contributed by atoms with van der Waals surface area (Å²) in [7, 11) is 1.58. The van der Waals surface area contributed by atoms with Gasteiger partial charge in [-0.2, -0.15) is 0 Å². The van der Waals surface area contributed by atoms with Gasteiger partial charge in [0.15, 0.2) is 6.61 Å². The Morgan fingerprint density at radius 1 is 1.14 bits per heavy atom. The van der Waals surface area contributed by atoms with E-state index in [1.165, 1.54) is 29.2 Å². The van der Waals surface area contributed by atoms with Gasteiger partial charge in [-0.05, 0) is 37.1 Å². The fraction of sp³-hybridized carbons (Fsp3) is 0.474. The largest absolute Gasteiger partial charge is 0.454 e. The molecule has 2 fully saturated rings. The molecule has 8 nitrogen and oxygen atoms in total. The number of carbonyl (C=O) groups is 4. The maximum Gasteiger partial charge on any atom is 0.327 e. The highest BCUT2D eigenvalue weighted by atomic mass is 19.1. The number of halogens is 1. The number of likely N-dealkylation sites (N-methyl/N-ethyl adjacent to an activating group) is 1. The van der Waals surface area contributed by atoms with Crippen molar-refractivity contribution in [2.45, 2.75) is 37.6 Å². The molecule has 1 N–H and O–H groups in total. The minimum atomic E-state index is -0.866. The molecular weight excluding hydrogens is 369 g/mol. The monoisotopic (exact) mass is 391 g/mol. The van der Waals surface area contributed by atoms with Crippen LogP contribution in [0, 0.1) is 5.82 Å². The molecular formula is C19H22FN3O5. The number of nitrogens with zero attached hydrogens (tertiary/aromatic N) is 2. The summed E-state index contributed by atoms with van der Waals surface area (Å²) in [6.07, 6.45) is 3.89. The van der Waals surface area contributed by atoms with Crippen LogP contribution in [0.2, 0.25) is 0 Å². The Morgan fingerprint density at radius 2 is 1.79 bits per heavy atom. The van der Waals surface area contributed by atoms with Crippen LogP contribution in [-0.4, -0.2) is 59.4 Å². The van der Waals surface area contributed by atoms with Crippen molar-refractivity contribution >= 4 is 29.5 Å². The number of imide groups is 1.